The molecule has 1 atom stereocenters. The molecule has 0 radical (unpaired) electrons. The second kappa shape index (κ2) is 9.59. The molecular weight excluding hydrogens is 470 g/mol. The van der Waals surface area contributed by atoms with Crippen LogP contribution in [0.15, 0.2) is 88.3 Å². The van der Waals surface area contributed by atoms with E-state index in [4.69, 9.17) is 4.74 Å². The number of para-hydroxylation sites is 1. The monoisotopic (exact) mass is 497 g/mol. The SMILES string of the molecule is C=CCn1c(C)c(/C=c2\sc3n(c2=O)C(c2ccccc2)C(C(=O)OCC)=C(C)N=3)c2ccccc21. The minimum Gasteiger partial charge on any atom is -0.463 e. The maximum Gasteiger partial charge on any atom is 0.338 e. The number of benzene rings is 2. The summed E-state index contributed by atoms with van der Waals surface area (Å²) in [4.78, 5) is 32.1. The summed E-state index contributed by atoms with van der Waals surface area (Å²) in [7, 11) is 0. The Hall–Kier alpha value is -3.97. The largest absolute Gasteiger partial charge is 0.463 e. The summed E-state index contributed by atoms with van der Waals surface area (Å²) in [5.74, 6) is -0.453. The summed E-state index contributed by atoms with van der Waals surface area (Å²) < 4.78 is 9.75. The molecule has 2 aromatic carbocycles. The molecule has 6 nitrogen and oxygen atoms in total. The predicted octanol–water partition coefficient (Wildman–Crippen LogP) is 4.25. The van der Waals surface area contributed by atoms with Gasteiger partial charge in [-0.1, -0.05) is 65.9 Å². The highest BCUT2D eigenvalue weighted by atomic mass is 32.1. The van der Waals surface area contributed by atoms with Gasteiger partial charge < -0.3 is 9.30 Å². The van der Waals surface area contributed by atoms with Crippen molar-refractivity contribution in [2.24, 2.45) is 4.99 Å². The van der Waals surface area contributed by atoms with Crippen LogP contribution in [0.3, 0.4) is 0 Å². The maximum absolute atomic E-state index is 13.9. The molecule has 4 aromatic rings. The number of thiazole rings is 1. The van der Waals surface area contributed by atoms with E-state index in [1.807, 2.05) is 54.6 Å². The Balaban J connectivity index is 1.77. The highest BCUT2D eigenvalue weighted by molar-refractivity contribution is 7.07. The van der Waals surface area contributed by atoms with Gasteiger partial charge in [-0.3, -0.25) is 9.36 Å². The number of nitrogens with zero attached hydrogens (tertiary/aromatic N) is 3. The molecule has 5 rings (SSSR count). The van der Waals surface area contributed by atoms with Gasteiger partial charge in [-0.2, -0.15) is 0 Å². The van der Waals surface area contributed by atoms with Gasteiger partial charge in [-0.05, 0) is 38.5 Å². The van der Waals surface area contributed by atoms with Gasteiger partial charge in [0.15, 0.2) is 4.80 Å². The molecule has 0 amide bonds. The van der Waals surface area contributed by atoms with E-state index in [0.717, 1.165) is 27.7 Å². The summed E-state index contributed by atoms with van der Waals surface area (Å²) in [6.45, 7) is 10.4. The average Bonchev–Trinajstić information content (AvgIpc) is 3.33. The molecule has 0 N–H and O–H groups in total. The second-order valence-electron chi connectivity index (χ2n) is 8.63. The molecule has 2 aromatic heterocycles. The fraction of sp³-hybridized carbons (Fsp3) is 0.207. The summed E-state index contributed by atoms with van der Waals surface area (Å²) in [6, 6.07) is 17.1. The molecule has 0 bridgehead atoms. The van der Waals surface area contributed by atoms with Crippen molar-refractivity contribution in [1.82, 2.24) is 9.13 Å². The Morgan fingerprint density at radius 1 is 1.14 bits per heavy atom. The Kier molecular flexibility index (Phi) is 6.33. The van der Waals surface area contributed by atoms with E-state index in [0.29, 0.717) is 27.1 Å². The van der Waals surface area contributed by atoms with E-state index >= 15 is 0 Å². The summed E-state index contributed by atoms with van der Waals surface area (Å²) >= 11 is 1.34. The van der Waals surface area contributed by atoms with Crippen LogP contribution < -0.4 is 14.9 Å². The number of allylic oxidation sites excluding steroid dienone is 2. The topological polar surface area (TPSA) is 65.6 Å². The number of hydrogen-bond acceptors (Lipinski definition) is 5. The smallest absolute Gasteiger partial charge is 0.338 e. The standard InChI is InChI=1S/C29H27N3O3S/c1-5-16-31-19(4)22(21-14-10-11-15-23(21)31)17-24-27(33)32-26(20-12-8-7-9-13-20)25(28(34)35-6-2)18(3)30-29(32)36-24/h5,7-15,17,26H,1,6,16H2,2-4H3/b24-17-. The molecule has 0 saturated carbocycles. The van der Waals surface area contributed by atoms with Crippen LogP contribution in [0.1, 0.15) is 36.7 Å². The van der Waals surface area contributed by atoms with Gasteiger partial charge >= 0.3 is 5.97 Å². The first-order valence-electron chi connectivity index (χ1n) is 11.9. The lowest BCUT2D eigenvalue weighted by Crippen LogP contribution is -2.39. The van der Waals surface area contributed by atoms with Crippen molar-refractivity contribution in [2.45, 2.75) is 33.4 Å². The number of aromatic nitrogens is 2. The van der Waals surface area contributed by atoms with Crippen LogP contribution in [0.25, 0.3) is 17.0 Å². The Bertz CT molecular complexity index is 1700. The number of carbonyl (C=O) groups is 1. The first-order valence-corrected chi connectivity index (χ1v) is 12.7. The predicted molar refractivity (Wildman–Crippen MR) is 144 cm³/mol. The maximum atomic E-state index is 13.9. The molecule has 36 heavy (non-hydrogen) atoms. The summed E-state index contributed by atoms with van der Waals surface area (Å²) in [6.07, 6.45) is 3.82. The number of ether oxygens (including phenoxy) is 1. The quantitative estimate of drug-likeness (QED) is 0.296. The van der Waals surface area contributed by atoms with E-state index in [1.165, 1.54) is 11.3 Å². The fourth-order valence-corrected chi connectivity index (χ4v) is 5.91. The molecular formula is C29H27N3O3S. The molecule has 3 heterocycles. The van der Waals surface area contributed by atoms with Crippen molar-refractivity contribution in [3.63, 3.8) is 0 Å². The number of esters is 1. The van der Waals surface area contributed by atoms with Crippen LogP contribution in [0.4, 0.5) is 0 Å². The molecule has 1 unspecified atom stereocenters. The molecule has 0 aliphatic carbocycles. The van der Waals surface area contributed by atoms with E-state index in [1.54, 1.807) is 18.4 Å². The molecule has 1 aliphatic rings. The van der Waals surface area contributed by atoms with Crippen LogP contribution in [0.2, 0.25) is 0 Å². The minimum atomic E-state index is -0.605. The molecule has 0 saturated heterocycles. The lowest BCUT2D eigenvalue weighted by atomic mass is 9.96. The Labute approximate surface area is 212 Å². The van der Waals surface area contributed by atoms with Gasteiger partial charge in [-0.15, -0.1) is 6.58 Å². The third-order valence-corrected chi connectivity index (χ3v) is 7.48. The zero-order chi connectivity index (χ0) is 25.4. The van der Waals surface area contributed by atoms with Crippen molar-refractivity contribution in [3.05, 3.63) is 115 Å². The van der Waals surface area contributed by atoms with Crippen molar-refractivity contribution in [1.29, 1.82) is 0 Å². The van der Waals surface area contributed by atoms with Crippen LogP contribution in [-0.2, 0) is 16.1 Å². The number of carbonyl (C=O) groups excluding carboxylic acids is 1. The normalized spacial score (nSPS) is 15.6. The number of rotatable bonds is 6. The van der Waals surface area contributed by atoms with Crippen LogP contribution in [-0.4, -0.2) is 21.7 Å². The van der Waals surface area contributed by atoms with Gasteiger partial charge in [0.25, 0.3) is 5.56 Å². The zero-order valence-corrected chi connectivity index (χ0v) is 21.3. The van der Waals surface area contributed by atoms with Crippen molar-refractivity contribution >= 4 is 34.3 Å². The van der Waals surface area contributed by atoms with Gasteiger partial charge in [0.1, 0.15) is 0 Å². The third kappa shape index (κ3) is 3.85. The first kappa shape index (κ1) is 23.8. The van der Waals surface area contributed by atoms with Gasteiger partial charge in [0, 0.05) is 28.7 Å². The van der Waals surface area contributed by atoms with E-state index in [-0.39, 0.29) is 12.2 Å². The van der Waals surface area contributed by atoms with Crippen molar-refractivity contribution in [2.75, 3.05) is 6.61 Å². The molecule has 7 heteroatoms. The molecule has 182 valence electrons. The van der Waals surface area contributed by atoms with Gasteiger partial charge in [0.05, 0.1) is 28.5 Å². The average molecular weight is 498 g/mol. The van der Waals surface area contributed by atoms with Crippen molar-refractivity contribution < 1.29 is 9.53 Å². The second-order valence-corrected chi connectivity index (χ2v) is 9.64. The first-order chi connectivity index (χ1) is 17.5. The van der Waals surface area contributed by atoms with Crippen LogP contribution in [0.5, 0.6) is 0 Å². The Morgan fingerprint density at radius 3 is 2.58 bits per heavy atom. The van der Waals surface area contributed by atoms with Gasteiger partial charge in [0.2, 0.25) is 0 Å². The number of hydrogen-bond donors (Lipinski definition) is 0. The highest BCUT2D eigenvalue weighted by Gasteiger charge is 2.33. The fourth-order valence-electron chi connectivity index (χ4n) is 4.88. The third-order valence-electron chi connectivity index (χ3n) is 6.50. The molecule has 0 fully saturated rings. The molecule has 1 aliphatic heterocycles. The van der Waals surface area contributed by atoms with Crippen LogP contribution >= 0.6 is 11.3 Å². The molecule has 0 spiro atoms. The lowest BCUT2D eigenvalue weighted by molar-refractivity contribution is -0.139. The van der Waals surface area contributed by atoms with Crippen molar-refractivity contribution in [3.8, 4) is 0 Å². The highest BCUT2D eigenvalue weighted by Crippen LogP contribution is 2.31. The van der Waals surface area contributed by atoms with Crippen LogP contribution in [0, 0.1) is 6.92 Å². The zero-order valence-electron chi connectivity index (χ0n) is 20.5. The van der Waals surface area contributed by atoms with E-state index in [2.05, 4.69) is 35.2 Å². The van der Waals surface area contributed by atoms with E-state index in [9.17, 15) is 9.59 Å². The van der Waals surface area contributed by atoms with Gasteiger partial charge in [-0.25, -0.2) is 9.79 Å². The summed E-state index contributed by atoms with van der Waals surface area (Å²) in [5.41, 5.74) is 4.76. The minimum absolute atomic E-state index is 0.179. The Morgan fingerprint density at radius 2 is 1.86 bits per heavy atom. The summed E-state index contributed by atoms with van der Waals surface area (Å²) in [5, 5.41) is 1.07. The number of fused-ring (bicyclic) bond motifs is 2. The van der Waals surface area contributed by atoms with E-state index < -0.39 is 12.0 Å². The lowest BCUT2D eigenvalue weighted by Gasteiger charge is -2.24.